The molecule has 1 aromatic carbocycles. The first kappa shape index (κ1) is 19.5. The number of methoxy groups -OCH3 is 1. The van der Waals surface area contributed by atoms with Gasteiger partial charge in [-0.3, -0.25) is 9.59 Å². The zero-order chi connectivity index (χ0) is 19.2. The molecule has 0 aliphatic rings. The van der Waals surface area contributed by atoms with Crippen molar-refractivity contribution in [1.82, 2.24) is 9.88 Å². The molecular formula is C19H17ClN2O3S2. The lowest BCUT2D eigenvalue weighted by Crippen LogP contribution is -2.36. The van der Waals surface area contributed by atoms with Gasteiger partial charge in [0.05, 0.1) is 19.2 Å². The first-order chi connectivity index (χ1) is 13.0. The number of carbonyl (C=O) groups is 2. The van der Waals surface area contributed by atoms with Crippen molar-refractivity contribution in [1.29, 1.82) is 0 Å². The van der Waals surface area contributed by atoms with Gasteiger partial charge in [0.15, 0.2) is 0 Å². The standard InChI is InChI=1S/C19H17ClN2O3S2/c1-25-18(24)10-22(9-13-2-4-15(20)5-3-13)17(23)8-16-12-27-19(21-16)14-6-7-26-11-14/h2-7,11-12H,8-10H2,1H3. The van der Waals surface area contributed by atoms with Crippen LogP contribution in [0.3, 0.4) is 0 Å². The molecule has 1 amide bonds. The number of rotatable bonds is 7. The second-order valence-corrected chi connectivity index (χ2v) is 7.86. The molecule has 27 heavy (non-hydrogen) atoms. The smallest absolute Gasteiger partial charge is 0.325 e. The third-order valence-corrected chi connectivity index (χ3v) is 5.71. The largest absolute Gasteiger partial charge is 0.468 e. The van der Waals surface area contributed by atoms with Gasteiger partial charge >= 0.3 is 5.97 Å². The molecule has 3 rings (SSSR count). The van der Waals surface area contributed by atoms with E-state index in [1.165, 1.54) is 23.3 Å². The maximum absolute atomic E-state index is 12.8. The Labute approximate surface area is 170 Å². The Morgan fingerprint density at radius 1 is 1.19 bits per heavy atom. The third kappa shape index (κ3) is 5.38. The van der Waals surface area contributed by atoms with Gasteiger partial charge in [-0.2, -0.15) is 11.3 Å². The Kier molecular flexibility index (Phi) is 6.60. The fourth-order valence-electron chi connectivity index (χ4n) is 2.44. The summed E-state index contributed by atoms with van der Waals surface area (Å²) in [6.07, 6.45) is 0.130. The Morgan fingerprint density at radius 2 is 1.96 bits per heavy atom. The molecule has 0 saturated carbocycles. The number of hydrogen-bond acceptors (Lipinski definition) is 6. The summed E-state index contributed by atoms with van der Waals surface area (Å²) >= 11 is 9.02. The molecule has 2 aromatic heterocycles. The average molecular weight is 421 g/mol. The first-order valence-corrected chi connectivity index (χ1v) is 10.3. The highest BCUT2D eigenvalue weighted by atomic mass is 35.5. The van der Waals surface area contributed by atoms with Crippen LogP contribution >= 0.6 is 34.3 Å². The summed E-state index contributed by atoms with van der Waals surface area (Å²) in [5.41, 5.74) is 2.63. The second kappa shape index (κ2) is 9.12. The van der Waals surface area contributed by atoms with Crippen molar-refractivity contribution in [3.05, 3.63) is 62.8 Å². The topological polar surface area (TPSA) is 59.5 Å². The molecule has 0 aliphatic carbocycles. The molecule has 0 aliphatic heterocycles. The number of aromatic nitrogens is 1. The van der Waals surface area contributed by atoms with Crippen molar-refractivity contribution in [2.45, 2.75) is 13.0 Å². The predicted molar refractivity (Wildman–Crippen MR) is 108 cm³/mol. The minimum atomic E-state index is -0.463. The number of benzene rings is 1. The Morgan fingerprint density at radius 3 is 2.63 bits per heavy atom. The van der Waals surface area contributed by atoms with E-state index in [1.54, 1.807) is 23.5 Å². The molecule has 0 fully saturated rings. The number of thiophene rings is 1. The van der Waals surface area contributed by atoms with E-state index in [0.717, 1.165) is 16.1 Å². The maximum atomic E-state index is 12.8. The number of hydrogen-bond donors (Lipinski definition) is 0. The van der Waals surface area contributed by atoms with E-state index in [0.29, 0.717) is 17.3 Å². The number of amides is 1. The molecule has 3 aromatic rings. The van der Waals surface area contributed by atoms with E-state index in [-0.39, 0.29) is 18.9 Å². The monoisotopic (exact) mass is 420 g/mol. The summed E-state index contributed by atoms with van der Waals surface area (Å²) < 4.78 is 4.72. The maximum Gasteiger partial charge on any atom is 0.325 e. The van der Waals surface area contributed by atoms with Gasteiger partial charge in [0, 0.05) is 27.9 Å². The van der Waals surface area contributed by atoms with Gasteiger partial charge in [-0.15, -0.1) is 11.3 Å². The number of halogens is 1. The first-order valence-electron chi connectivity index (χ1n) is 8.11. The van der Waals surface area contributed by atoms with Crippen LogP contribution in [0.25, 0.3) is 10.6 Å². The van der Waals surface area contributed by atoms with Crippen LogP contribution in [0.15, 0.2) is 46.5 Å². The summed E-state index contributed by atoms with van der Waals surface area (Å²) in [6, 6.07) is 9.17. The van der Waals surface area contributed by atoms with E-state index in [9.17, 15) is 9.59 Å². The van der Waals surface area contributed by atoms with E-state index in [1.807, 2.05) is 34.3 Å². The fraction of sp³-hybridized carbons (Fsp3) is 0.211. The number of ether oxygens (including phenoxy) is 1. The Bertz CT molecular complexity index is 907. The lowest BCUT2D eigenvalue weighted by Gasteiger charge is -2.21. The predicted octanol–water partition coefficient (Wildman–Crippen LogP) is 4.27. The van der Waals surface area contributed by atoms with E-state index in [4.69, 9.17) is 16.3 Å². The molecule has 0 saturated heterocycles. The van der Waals surface area contributed by atoms with Gasteiger partial charge in [0.2, 0.25) is 5.91 Å². The summed E-state index contributed by atoms with van der Waals surface area (Å²) in [7, 11) is 1.31. The van der Waals surface area contributed by atoms with Crippen LogP contribution in [0.4, 0.5) is 0 Å². The van der Waals surface area contributed by atoms with Crippen molar-refractivity contribution in [3.63, 3.8) is 0 Å². The van der Waals surface area contributed by atoms with Crippen molar-refractivity contribution in [2.24, 2.45) is 0 Å². The number of carbonyl (C=O) groups excluding carboxylic acids is 2. The fourth-order valence-corrected chi connectivity index (χ4v) is 4.09. The van der Waals surface area contributed by atoms with Crippen LogP contribution in [0.2, 0.25) is 5.02 Å². The van der Waals surface area contributed by atoms with Crippen molar-refractivity contribution in [3.8, 4) is 10.6 Å². The van der Waals surface area contributed by atoms with Gasteiger partial charge < -0.3 is 9.64 Å². The SMILES string of the molecule is COC(=O)CN(Cc1ccc(Cl)cc1)C(=O)Cc1csc(-c2ccsc2)n1. The minimum Gasteiger partial charge on any atom is -0.468 e. The van der Waals surface area contributed by atoms with Gasteiger partial charge in [-0.25, -0.2) is 4.98 Å². The molecule has 8 heteroatoms. The highest BCUT2D eigenvalue weighted by molar-refractivity contribution is 7.14. The van der Waals surface area contributed by atoms with Gasteiger partial charge in [0.25, 0.3) is 0 Å². The van der Waals surface area contributed by atoms with Gasteiger partial charge in [-0.05, 0) is 29.1 Å². The highest BCUT2D eigenvalue weighted by Crippen LogP contribution is 2.26. The van der Waals surface area contributed by atoms with Crippen molar-refractivity contribution in [2.75, 3.05) is 13.7 Å². The van der Waals surface area contributed by atoms with E-state index >= 15 is 0 Å². The molecule has 140 valence electrons. The summed E-state index contributed by atoms with van der Waals surface area (Å²) in [5.74, 6) is -0.646. The normalized spacial score (nSPS) is 10.6. The van der Waals surface area contributed by atoms with Crippen LogP contribution in [0.1, 0.15) is 11.3 Å². The zero-order valence-corrected chi connectivity index (χ0v) is 16.9. The van der Waals surface area contributed by atoms with Gasteiger partial charge in [0.1, 0.15) is 11.6 Å². The lowest BCUT2D eigenvalue weighted by molar-refractivity contribution is -0.147. The third-order valence-electron chi connectivity index (χ3n) is 3.84. The van der Waals surface area contributed by atoms with Crippen LogP contribution in [0.5, 0.6) is 0 Å². The van der Waals surface area contributed by atoms with E-state index < -0.39 is 5.97 Å². The average Bonchev–Trinajstić information content (AvgIpc) is 3.34. The Balaban J connectivity index is 1.72. The van der Waals surface area contributed by atoms with Crippen molar-refractivity contribution >= 4 is 46.2 Å². The number of thiazole rings is 1. The Hall–Kier alpha value is -2.22. The molecule has 0 bridgehead atoms. The quantitative estimate of drug-likeness (QED) is 0.535. The molecule has 2 heterocycles. The zero-order valence-electron chi connectivity index (χ0n) is 14.6. The summed E-state index contributed by atoms with van der Waals surface area (Å²) in [4.78, 5) is 30.5. The number of nitrogens with zero attached hydrogens (tertiary/aromatic N) is 2. The molecule has 0 spiro atoms. The minimum absolute atomic E-state index is 0.112. The molecule has 0 radical (unpaired) electrons. The molecule has 5 nitrogen and oxygen atoms in total. The molecule has 0 atom stereocenters. The summed E-state index contributed by atoms with van der Waals surface area (Å²) in [6.45, 7) is 0.187. The molecule has 0 unspecified atom stereocenters. The molecular weight excluding hydrogens is 404 g/mol. The van der Waals surface area contributed by atoms with Crippen LogP contribution in [0, 0.1) is 0 Å². The lowest BCUT2D eigenvalue weighted by atomic mass is 10.2. The summed E-state index contributed by atoms with van der Waals surface area (Å²) in [5, 5.41) is 7.40. The molecule has 0 N–H and O–H groups in total. The van der Waals surface area contributed by atoms with Crippen LogP contribution in [-0.4, -0.2) is 35.4 Å². The van der Waals surface area contributed by atoms with Crippen LogP contribution in [-0.2, 0) is 27.3 Å². The van der Waals surface area contributed by atoms with Gasteiger partial charge in [-0.1, -0.05) is 23.7 Å². The van der Waals surface area contributed by atoms with E-state index in [2.05, 4.69) is 4.98 Å². The second-order valence-electron chi connectivity index (χ2n) is 5.79. The highest BCUT2D eigenvalue weighted by Gasteiger charge is 2.20. The number of esters is 1. The van der Waals surface area contributed by atoms with Crippen LogP contribution < -0.4 is 0 Å². The van der Waals surface area contributed by atoms with Crippen molar-refractivity contribution < 1.29 is 14.3 Å².